The Morgan fingerprint density at radius 3 is 2.42 bits per heavy atom. The molecule has 0 bridgehead atoms. The lowest BCUT2D eigenvalue weighted by Crippen LogP contribution is -2.24. The number of aromatic nitrogens is 2. The van der Waals surface area contributed by atoms with Crippen LogP contribution in [0.25, 0.3) is 11.0 Å². The van der Waals surface area contributed by atoms with Crippen molar-refractivity contribution in [2.75, 3.05) is 11.4 Å². The third kappa shape index (κ3) is 3.86. The average Bonchev–Trinajstić information content (AvgIpc) is 3.33. The van der Waals surface area contributed by atoms with E-state index in [2.05, 4.69) is 79.1 Å². The molecule has 0 unspecified atom stereocenters. The van der Waals surface area contributed by atoms with Crippen LogP contribution in [-0.4, -0.2) is 22.0 Å². The van der Waals surface area contributed by atoms with Gasteiger partial charge in [0, 0.05) is 31.1 Å². The summed E-state index contributed by atoms with van der Waals surface area (Å²) in [6.07, 6.45) is 1.44. The van der Waals surface area contributed by atoms with Gasteiger partial charge in [-0.15, -0.1) is 0 Å². The Hall–Kier alpha value is -3.40. The molecule has 1 atom stereocenters. The predicted octanol–water partition coefficient (Wildman–Crippen LogP) is 5.42. The Kier molecular flexibility index (Phi) is 5.06. The number of aryl methyl sites for hydroxylation is 4. The maximum atomic E-state index is 13.0. The van der Waals surface area contributed by atoms with Crippen LogP contribution in [-0.2, 0) is 17.8 Å². The molecule has 0 saturated carbocycles. The number of para-hydroxylation sites is 2. The van der Waals surface area contributed by atoms with Crippen LogP contribution in [0.3, 0.4) is 0 Å². The monoisotopic (exact) mass is 409 g/mol. The number of hydrogen-bond acceptors (Lipinski definition) is 2. The van der Waals surface area contributed by atoms with Gasteiger partial charge in [-0.05, 0) is 61.2 Å². The highest BCUT2D eigenvalue weighted by Crippen LogP contribution is 2.34. The van der Waals surface area contributed by atoms with Crippen molar-refractivity contribution in [1.82, 2.24) is 9.55 Å². The zero-order valence-electron chi connectivity index (χ0n) is 18.1. The number of amides is 1. The Morgan fingerprint density at radius 1 is 0.935 bits per heavy atom. The second-order valence-corrected chi connectivity index (χ2v) is 8.60. The van der Waals surface area contributed by atoms with Crippen molar-refractivity contribution in [1.29, 1.82) is 0 Å². The molecule has 0 aliphatic carbocycles. The summed E-state index contributed by atoms with van der Waals surface area (Å²) in [4.78, 5) is 19.9. The number of anilines is 1. The highest BCUT2D eigenvalue weighted by Gasteiger charge is 2.35. The first-order chi connectivity index (χ1) is 15.1. The molecule has 3 aromatic carbocycles. The highest BCUT2D eigenvalue weighted by atomic mass is 16.2. The minimum Gasteiger partial charge on any atom is -0.327 e. The minimum absolute atomic E-state index is 0.0940. The summed E-state index contributed by atoms with van der Waals surface area (Å²) in [5.41, 5.74) is 6.82. The summed E-state index contributed by atoms with van der Waals surface area (Å²) >= 11 is 0. The second-order valence-electron chi connectivity index (χ2n) is 8.60. The summed E-state index contributed by atoms with van der Waals surface area (Å²) in [6, 6.07) is 25.2. The van der Waals surface area contributed by atoms with Crippen LogP contribution in [0.2, 0.25) is 0 Å². The molecular weight excluding hydrogens is 382 g/mol. The van der Waals surface area contributed by atoms with E-state index in [9.17, 15) is 4.79 Å². The van der Waals surface area contributed by atoms with Crippen molar-refractivity contribution in [2.45, 2.75) is 39.2 Å². The van der Waals surface area contributed by atoms with Crippen molar-refractivity contribution < 1.29 is 4.79 Å². The molecule has 0 spiro atoms. The van der Waals surface area contributed by atoms with Crippen LogP contribution in [0.5, 0.6) is 0 Å². The van der Waals surface area contributed by atoms with Crippen LogP contribution in [0.15, 0.2) is 72.8 Å². The van der Waals surface area contributed by atoms with Crippen LogP contribution < -0.4 is 4.90 Å². The summed E-state index contributed by atoms with van der Waals surface area (Å²) < 4.78 is 2.32. The van der Waals surface area contributed by atoms with Gasteiger partial charge in [-0.3, -0.25) is 4.79 Å². The Bertz CT molecular complexity index is 1220. The zero-order chi connectivity index (χ0) is 21.4. The zero-order valence-corrected chi connectivity index (χ0v) is 18.1. The number of fused-ring (bicyclic) bond motifs is 1. The molecule has 156 valence electrons. The number of imidazole rings is 1. The van der Waals surface area contributed by atoms with E-state index in [0.717, 1.165) is 35.5 Å². The first kappa shape index (κ1) is 19.6. The van der Waals surface area contributed by atoms with E-state index >= 15 is 0 Å². The molecule has 5 rings (SSSR count). The fourth-order valence-corrected chi connectivity index (χ4v) is 4.76. The fourth-order valence-electron chi connectivity index (χ4n) is 4.76. The summed E-state index contributed by atoms with van der Waals surface area (Å²) in [5, 5.41) is 0. The van der Waals surface area contributed by atoms with Crippen molar-refractivity contribution in [3.05, 3.63) is 95.3 Å². The van der Waals surface area contributed by atoms with Crippen LogP contribution in [0.4, 0.5) is 5.69 Å². The van der Waals surface area contributed by atoms with E-state index in [1.165, 1.54) is 16.7 Å². The Labute approximate surface area is 183 Å². The topological polar surface area (TPSA) is 38.1 Å². The van der Waals surface area contributed by atoms with Gasteiger partial charge in [0.25, 0.3) is 0 Å². The normalized spacial score (nSPS) is 16.4. The molecule has 2 heterocycles. The molecule has 0 N–H and O–H groups in total. The number of nitrogens with zero attached hydrogens (tertiary/aromatic N) is 3. The van der Waals surface area contributed by atoms with Crippen molar-refractivity contribution >= 4 is 22.6 Å². The first-order valence-corrected chi connectivity index (χ1v) is 11.0. The Balaban J connectivity index is 1.47. The van der Waals surface area contributed by atoms with Crippen LogP contribution in [0, 0.1) is 13.8 Å². The van der Waals surface area contributed by atoms with Gasteiger partial charge >= 0.3 is 0 Å². The van der Waals surface area contributed by atoms with E-state index < -0.39 is 0 Å². The lowest BCUT2D eigenvalue weighted by molar-refractivity contribution is -0.117. The van der Waals surface area contributed by atoms with Gasteiger partial charge in [-0.2, -0.15) is 0 Å². The SMILES string of the molecule is Cc1cc(C)cc(N2C[C@H](c3nc4ccccc4n3CCc3ccccc3)CC2=O)c1. The van der Waals surface area contributed by atoms with Gasteiger partial charge in [0.15, 0.2) is 0 Å². The maximum absolute atomic E-state index is 13.0. The van der Waals surface area contributed by atoms with Gasteiger partial charge in [0.1, 0.15) is 5.82 Å². The van der Waals surface area contributed by atoms with Crippen LogP contribution in [0.1, 0.15) is 34.9 Å². The van der Waals surface area contributed by atoms with Crippen molar-refractivity contribution in [3.63, 3.8) is 0 Å². The average molecular weight is 410 g/mol. The summed E-state index contributed by atoms with van der Waals surface area (Å²) in [6.45, 7) is 5.69. The lowest BCUT2D eigenvalue weighted by Gasteiger charge is -2.19. The van der Waals surface area contributed by atoms with E-state index in [0.29, 0.717) is 13.0 Å². The van der Waals surface area contributed by atoms with E-state index in [-0.39, 0.29) is 11.8 Å². The van der Waals surface area contributed by atoms with Gasteiger partial charge in [-0.1, -0.05) is 48.5 Å². The fraction of sp³-hybridized carbons (Fsp3) is 0.259. The van der Waals surface area contributed by atoms with Gasteiger partial charge in [0.2, 0.25) is 5.91 Å². The molecule has 1 fully saturated rings. The van der Waals surface area contributed by atoms with Crippen molar-refractivity contribution in [2.24, 2.45) is 0 Å². The molecule has 1 aromatic heterocycles. The van der Waals surface area contributed by atoms with Gasteiger partial charge < -0.3 is 9.47 Å². The number of hydrogen-bond donors (Lipinski definition) is 0. The van der Waals surface area contributed by atoms with E-state index in [4.69, 9.17) is 4.98 Å². The third-order valence-corrected chi connectivity index (χ3v) is 6.16. The molecule has 4 heteroatoms. The standard InChI is InChI=1S/C27H27N3O/c1-19-14-20(2)16-23(15-19)30-18-22(17-26(30)31)27-28-24-10-6-7-11-25(24)29(27)13-12-21-8-4-3-5-9-21/h3-11,14-16,22H,12-13,17-18H2,1-2H3/t22-/m1/s1. The molecule has 1 aliphatic heterocycles. The molecule has 1 aliphatic rings. The van der Waals surface area contributed by atoms with Gasteiger partial charge in [-0.25, -0.2) is 4.98 Å². The molecule has 0 radical (unpaired) electrons. The van der Waals surface area contributed by atoms with Gasteiger partial charge in [0.05, 0.1) is 11.0 Å². The third-order valence-electron chi connectivity index (χ3n) is 6.16. The second kappa shape index (κ2) is 8.03. The molecule has 4 nitrogen and oxygen atoms in total. The molecule has 31 heavy (non-hydrogen) atoms. The molecule has 1 amide bonds. The lowest BCUT2D eigenvalue weighted by atomic mass is 10.1. The summed E-state index contributed by atoms with van der Waals surface area (Å²) in [7, 11) is 0. The number of rotatable bonds is 5. The number of carbonyl (C=O) groups is 1. The number of benzene rings is 3. The molecule has 1 saturated heterocycles. The highest BCUT2D eigenvalue weighted by molar-refractivity contribution is 5.96. The predicted molar refractivity (Wildman–Crippen MR) is 126 cm³/mol. The molecular formula is C27H27N3O. The largest absolute Gasteiger partial charge is 0.327 e. The number of carbonyl (C=O) groups excluding carboxylic acids is 1. The summed E-state index contributed by atoms with van der Waals surface area (Å²) in [5.74, 6) is 1.30. The van der Waals surface area contributed by atoms with Crippen LogP contribution >= 0.6 is 0 Å². The van der Waals surface area contributed by atoms with Crippen molar-refractivity contribution in [3.8, 4) is 0 Å². The van der Waals surface area contributed by atoms with E-state index in [1.807, 2.05) is 17.0 Å². The maximum Gasteiger partial charge on any atom is 0.227 e. The Morgan fingerprint density at radius 2 is 1.65 bits per heavy atom. The quantitative estimate of drug-likeness (QED) is 0.442. The first-order valence-electron chi connectivity index (χ1n) is 11.0. The minimum atomic E-state index is 0.0940. The smallest absolute Gasteiger partial charge is 0.227 e. The van der Waals surface area contributed by atoms with E-state index in [1.54, 1.807) is 0 Å². The molecule has 4 aromatic rings.